The van der Waals surface area contributed by atoms with Crippen LogP contribution in [0, 0.1) is 11.7 Å². The average Bonchev–Trinajstić information content (AvgIpc) is 2.76. The largest absolute Gasteiger partial charge is 0.390 e. The highest BCUT2D eigenvalue weighted by molar-refractivity contribution is 5.28. The number of alkyl halides is 1. The molecule has 0 aromatic heterocycles. The Morgan fingerprint density at radius 1 is 1.41 bits per heavy atom. The van der Waals surface area contributed by atoms with Crippen molar-refractivity contribution in [2.75, 3.05) is 19.9 Å². The van der Waals surface area contributed by atoms with E-state index in [-0.39, 0.29) is 18.8 Å². The molecule has 1 saturated heterocycles. The molecule has 1 aromatic rings. The molecular weight excluding hydrogens is 228 g/mol. The fourth-order valence-electron chi connectivity index (χ4n) is 2.24. The van der Waals surface area contributed by atoms with Gasteiger partial charge in [0.15, 0.2) is 0 Å². The van der Waals surface area contributed by atoms with Crippen LogP contribution in [0.15, 0.2) is 24.3 Å². The van der Waals surface area contributed by atoms with Gasteiger partial charge in [0.2, 0.25) is 0 Å². The third-order valence-corrected chi connectivity index (χ3v) is 3.31. The number of hydrogen-bond acceptors (Lipinski definition) is 3. The van der Waals surface area contributed by atoms with E-state index in [1.807, 2.05) is 0 Å². The lowest BCUT2D eigenvalue weighted by Gasteiger charge is -2.34. The smallest absolute Gasteiger partial charge is 0.128 e. The predicted octanol–water partition coefficient (Wildman–Crippen LogP) is 0.957. The third kappa shape index (κ3) is 2.06. The van der Waals surface area contributed by atoms with Gasteiger partial charge < -0.3 is 15.6 Å². The van der Waals surface area contributed by atoms with Crippen molar-refractivity contribution in [3.8, 4) is 0 Å². The van der Waals surface area contributed by atoms with Crippen LogP contribution in [0.25, 0.3) is 0 Å². The molecule has 5 heteroatoms. The van der Waals surface area contributed by atoms with Crippen LogP contribution < -0.4 is 5.73 Å². The van der Waals surface area contributed by atoms with E-state index >= 15 is 0 Å². The van der Waals surface area contributed by atoms with E-state index in [1.54, 1.807) is 6.07 Å². The predicted molar refractivity (Wildman–Crippen MR) is 58.6 cm³/mol. The molecule has 3 atom stereocenters. The molecule has 0 aliphatic carbocycles. The van der Waals surface area contributed by atoms with E-state index < -0.39 is 30.1 Å². The summed E-state index contributed by atoms with van der Waals surface area (Å²) in [6, 6.07) is 5.78. The molecule has 1 aliphatic heterocycles. The van der Waals surface area contributed by atoms with E-state index in [4.69, 9.17) is 10.5 Å². The zero-order valence-electron chi connectivity index (χ0n) is 9.27. The fraction of sp³-hybridized carbons (Fsp3) is 0.500. The standard InChI is InChI=1S/C12H15F2NO2/c13-7-12(15,9-5-17-6-11(9)16)8-3-1-2-4-10(8)14/h1-4,9,11,16H,5-7,15H2/t9-,11+,12-/m0/s1. The summed E-state index contributed by atoms with van der Waals surface area (Å²) in [6.07, 6.45) is -0.865. The first-order valence-corrected chi connectivity index (χ1v) is 5.45. The second-order valence-electron chi connectivity index (χ2n) is 4.37. The minimum Gasteiger partial charge on any atom is -0.390 e. The summed E-state index contributed by atoms with van der Waals surface area (Å²) in [4.78, 5) is 0. The van der Waals surface area contributed by atoms with Crippen molar-refractivity contribution in [2.24, 2.45) is 11.7 Å². The van der Waals surface area contributed by atoms with Gasteiger partial charge in [-0.15, -0.1) is 0 Å². The zero-order valence-corrected chi connectivity index (χ0v) is 9.27. The van der Waals surface area contributed by atoms with Gasteiger partial charge in [0.1, 0.15) is 12.5 Å². The molecule has 1 heterocycles. The topological polar surface area (TPSA) is 55.5 Å². The van der Waals surface area contributed by atoms with Gasteiger partial charge in [-0.25, -0.2) is 8.78 Å². The second kappa shape index (κ2) is 4.68. The molecule has 1 aliphatic rings. The van der Waals surface area contributed by atoms with Crippen LogP contribution in [0.4, 0.5) is 8.78 Å². The van der Waals surface area contributed by atoms with Gasteiger partial charge in [-0.05, 0) is 6.07 Å². The molecule has 3 N–H and O–H groups in total. The molecule has 2 rings (SSSR count). The normalized spacial score (nSPS) is 28.0. The van der Waals surface area contributed by atoms with E-state index in [1.165, 1.54) is 18.2 Å². The lowest BCUT2D eigenvalue weighted by molar-refractivity contribution is 0.0798. The van der Waals surface area contributed by atoms with Gasteiger partial charge >= 0.3 is 0 Å². The summed E-state index contributed by atoms with van der Waals surface area (Å²) in [5, 5.41) is 9.71. The van der Waals surface area contributed by atoms with Crippen LogP contribution in [-0.4, -0.2) is 31.1 Å². The fourth-order valence-corrected chi connectivity index (χ4v) is 2.24. The minimum atomic E-state index is -1.54. The monoisotopic (exact) mass is 243 g/mol. The second-order valence-corrected chi connectivity index (χ2v) is 4.37. The Kier molecular flexibility index (Phi) is 3.42. The highest BCUT2D eigenvalue weighted by Gasteiger charge is 2.45. The van der Waals surface area contributed by atoms with Gasteiger partial charge in [0.25, 0.3) is 0 Å². The molecule has 0 saturated carbocycles. The molecule has 0 amide bonds. The number of hydrogen-bond donors (Lipinski definition) is 2. The summed E-state index contributed by atoms with van der Waals surface area (Å²) >= 11 is 0. The summed E-state index contributed by atoms with van der Waals surface area (Å²) in [6.45, 7) is -0.701. The van der Waals surface area contributed by atoms with Crippen LogP contribution in [0.1, 0.15) is 5.56 Å². The molecule has 0 radical (unpaired) electrons. The van der Waals surface area contributed by atoms with Crippen molar-refractivity contribution in [3.05, 3.63) is 35.6 Å². The maximum absolute atomic E-state index is 13.7. The Labute approximate surface area is 98.2 Å². The highest BCUT2D eigenvalue weighted by atomic mass is 19.1. The number of rotatable bonds is 3. The lowest BCUT2D eigenvalue weighted by atomic mass is 9.78. The molecule has 1 aromatic carbocycles. The van der Waals surface area contributed by atoms with Gasteiger partial charge in [-0.2, -0.15) is 0 Å². The molecule has 3 nitrogen and oxygen atoms in total. The summed E-state index contributed by atoms with van der Waals surface area (Å²) in [7, 11) is 0. The summed E-state index contributed by atoms with van der Waals surface area (Å²) < 4.78 is 32.0. The van der Waals surface area contributed by atoms with Crippen LogP contribution in [-0.2, 0) is 10.3 Å². The number of halogens is 2. The molecular formula is C12H15F2NO2. The average molecular weight is 243 g/mol. The number of nitrogens with two attached hydrogens (primary N) is 1. The lowest BCUT2D eigenvalue weighted by Crippen LogP contribution is -2.51. The molecule has 94 valence electrons. The van der Waals surface area contributed by atoms with Crippen molar-refractivity contribution in [1.82, 2.24) is 0 Å². The third-order valence-electron chi connectivity index (χ3n) is 3.31. The molecule has 0 spiro atoms. The summed E-state index contributed by atoms with van der Waals surface area (Å²) in [5.74, 6) is -1.20. The zero-order chi connectivity index (χ0) is 12.5. The van der Waals surface area contributed by atoms with Gasteiger partial charge in [0, 0.05) is 11.5 Å². The van der Waals surface area contributed by atoms with Crippen molar-refractivity contribution in [2.45, 2.75) is 11.6 Å². The first-order valence-electron chi connectivity index (χ1n) is 5.45. The Morgan fingerprint density at radius 3 is 2.65 bits per heavy atom. The first-order chi connectivity index (χ1) is 8.09. The Morgan fingerprint density at radius 2 is 2.12 bits per heavy atom. The van der Waals surface area contributed by atoms with Crippen LogP contribution in [0.5, 0.6) is 0 Å². The maximum atomic E-state index is 13.7. The molecule has 17 heavy (non-hydrogen) atoms. The Balaban J connectivity index is 2.40. The van der Waals surface area contributed by atoms with Gasteiger partial charge in [-0.1, -0.05) is 18.2 Å². The van der Waals surface area contributed by atoms with Crippen LogP contribution in [0.2, 0.25) is 0 Å². The maximum Gasteiger partial charge on any atom is 0.128 e. The van der Waals surface area contributed by atoms with E-state index in [0.717, 1.165) is 0 Å². The van der Waals surface area contributed by atoms with E-state index in [9.17, 15) is 13.9 Å². The van der Waals surface area contributed by atoms with Crippen molar-refractivity contribution >= 4 is 0 Å². The summed E-state index contributed by atoms with van der Waals surface area (Å²) in [5.41, 5.74) is 4.50. The van der Waals surface area contributed by atoms with Gasteiger partial charge in [-0.3, -0.25) is 0 Å². The SMILES string of the molecule is N[C@@](CF)(c1ccccc1F)[C@H]1COC[C@H]1O. The quantitative estimate of drug-likeness (QED) is 0.831. The van der Waals surface area contributed by atoms with E-state index in [0.29, 0.717) is 0 Å². The van der Waals surface area contributed by atoms with Crippen molar-refractivity contribution in [3.63, 3.8) is 0 Å². The van der Waals surface area contributed by atoms with Crippen molar-refractivity contribution < 1.29 is 18.6 Å². The number of benzene rings is 1. The number of ether oxygens (including phenoxy) is 1. The highest BCUT2D eigenvalue weighted by Crippen LogP contribution is 2.34. The number of aliphatic hydroxyl groups is 1. The molecule has 1 fully saturated rings. The molecule has 0 unspecified atom stereocenters. The van der Waals surface area contributed by atoms with Crippen molar-refractivity contribution in [1.29, 1.82) is 0 Å². The minimum absolute atomic E-state index is 0.0806. The van der Waals surface area contributed by atoms with Crippen LogP contribution >= 0.6 is 0 Å². The number of aliphatic hydroxyl groups excluding tert-OH is 1. The van der Waals surface area contributed by atoms with E-state index in [2.05, 4.69) is 0 Å². The Bertz CT molecular complexity index is 402. The first kappa shape index (κ1) is 12.4. The Hall–Kier alpha value is -1.04. The van der Waals surface area contributed by atoms with Crippen LogP contribution in [0.3, 0.4) is 0 Å². The molecule has 0 bridgehead atoms. The van der Waals surface area contributed by atoms with Gasteiger partial charge in [0.05, 0.1) is 24.9 Å².